The van der Waals surface area contributed by atoms with Gasteiger partial charge in [-0.1, -0.05) is 98.8 Å². The molecule has 6 heteroatoms. The molecule has 2 aromatic heterocycles. The monoisotopic (exact) mass is 848 g/mol. The zero-order valence-electron chi connectivity index (χ0n) is 37.8. The lowest BCUT2D eigenvalue weighted by Gasteiger charge is -2.19. The van der Waals surface area contributed by atoms with Crippen LogP contribution in [-0.4, -0.2) is 44.9 Å². The molecule has 0 bridgehead atoms. The molecule has 0 fully saturated rings. The van der Waals surface area contributed by atoms with Crippen LogP contribution in [0, 0.1) is 33.1 Å². The number of benzene rings is 8. The average Bonchev–Trinajstić information content (AvgIpc) is 3.81. The van der Waals surface area contributed by atoms with E-state index in [2.05, 4.69) is 172 Å². The van der Waals surface area contributed by atoms with Crippen molar-refractivity contribution in [1.29, 1.82) is 0 Å². The van der Waals surface area contributed by atoms with E-state index in [1.165, 1.54) is 54.7 Å². The van der Waals surface area contributed by atoms with Gasteiger partial charge in [0.05, 0.1) is 22.1 Å². The molecule has 0 atom stereocenters. The molecule has 0 unspecified atom stereocenters. The maximum Gasteiger partial charge on any atom is 0.124 e. The minimum Gasteiger partial charge on any atom is -0.507 e. The number of aromatic hydroxyl groups is 2. The van der Waals surface area contributed by atoms with Crippen LogP contribution in [0.25, 0.3) is 77.2 Å². The lowest BCUT2D eigenvalue weighted by Crippen LogP contribution is -2.19. The van der Waals surface area contributed by atoms with Crippen molar-refractivity contribution in [2.24, 2.45) is 15.4 Å². The van der Waals surface area contributed by atoms with Crippen molar-refractivity contribution in [2.45, 2.75) is 41.5 Å². The van der Waals surface area contributed by atoms with E-state index < -0.39 is 0 Å². The summed E-state index contributed by atoms with van der Waals surface area (Å²) in [7, 11) is 0. The van der Waals surface area contributed by atoms with E-state index in [0.29, 0.717) is 24.2 Å². The summed E-state index contributed by atoms with van der Waals surface area (Å²) in [6.07, 6.45) is 3.51. The van der Waals surface area contributed by atoms with Crippen LogP contribution >= 0.6 is 0 Å². The molecule has 0 aliphatic rings. The molecule has 65 heavy (non-hydrogen) atoms. The number of fused-ring (bicyclic) bond motifs is 6. The molecular weight excluding hydrogens is 797 g/mol. The van der Waals surface area contributed by atoms with E-state index in [9.17, 15) is 10.2 Å². The zero-order valence-corrected chi connectivity index (χ0v) is 37.8. The van der Waals surface area contributed by atoms with Crippen LogP contribution in [-0.2, 0) is 0 Å². The first-order valence-corrected chi connectivity index (χ1v) is 22.3. The van der Waals surface area contributed by atoms with E-state index in [4.69, 9.17) is 9.98 Å². The highest BCUT2D eigenvalue weighted by Crippen LogP contribution is 2.43. The minimum absolute atomic E-state index is 0.191. The molecule has 6 nitrogen and oxygen atoms in total. The number of phenolic OH excluding ortho intramolecular Hbond substituents is 2. The van der Waals surface area contributed by atoms with Gasteiger partial charge in [0.25, 0.3) is 0 Å². The summed E-state index contributed by atoms with van der Waals surface area (Å²) >= 11 is 0. The van der Waals surface area contributed by atoms with Crippen molar-refractivity contribution < 1.29 is 10.2 Å². The van der Waals surface area contributed by atoms with Gasteiger partial charge in [0.1, 0.15) is 11.5 Å². The van der Waals surface area contributed by atoms with E-state index in [0.717, 1.165) is 44.8 Å². The fourth-order valence-corrected chi connectivity index (χ4v) is 10.0. The van der Waals surface area contributed by atoms with Gasteiger partial charge in [-0.15, -0.1) is 0 Å². The molecule has 0 aliphatic heterocycles. The number of aryl methyl sites for hydroxylation is 4. The van der Waals surface area contributed by atoms with Crippen molar-refractivity contribution in [3.05, 3.63) is 191 Å². The second kappa shape index (κ2) is 16.5. The second-order valence-corrected chi connectivity index (χ2v) is 18.2. The number of hydrogen-bond acceptors (Lipinski definition) is 4. The van der Waals surface area contributed by atoms with Gasteiger partial charge in [-0.3, -0.25) is 9.98 Å². The van der Waals surface area contributed by atoms with Crippen molar-refractivity contribution in [3.8, 4) is 45.1 Å². The highest BCUT2D eigenvalue weighted by atomic mass is 16.3. The summed E-state index contributed by atoms with van der Waals surface area (Å²) in [4.78, 5) is 9.54. The largest absolute Gasteiger partial charge is 0.507 e. The third-order valence-electron chi connectivity index (χ3n) is 13.0. The Kier molecular flexibility index (Phi) is 10.5. The fourth-order valence-electron chi connectivity index (χ4n) is 10.0. The van der Waals surface area contributed by atoms with Gasteiger partial charge >= 0.3 is 0 Å². The molecule has 8 aromatic carbocycles. The molecule has 0 spiro atoms. The quantitative estimate of drug-likeness (QED) is 0.135. The van der Waals surface area contributed by atoms with Gasteiger partial charge < -0.3 is 19.3 Å². The Morgan fingerprint density at radius 1 is 0.462 bits per heavy atom. The number of aliphatic imine (C=N–C) groups is 2. The highest BCUT2D eigenvalue weighted by molar-refractivity contribution is 6.14. The third kappa shape index (κ3) is 7.35. The van der Waals surface area contributed by atoms with Gasteiger partial charge in [-0.05, 0) is 145 Å². The van der Waals surface area contributed by atoms with E-state index in [1.54, 1.807) is 12.4 Å². The average molecular weight is 849 g/mol. The van der Waals surface area contributed by atoms with Gasteiger partial charge in [-0.25, -0.2) is 0 Å². The maximum absolute atomic E-state index is 11.3. The Balaban J connectivity index is 0.851. The minimum atomic E-state index is -0.261. The molecule has 0 saturated heterocycles. The van der Waals surface area contributed by atoms with Crippen molar-refractivity contribution in [1.82, 2.24) is 9.13 Å². The molecule has 10 rings (SSSR count). The normalized spacial score (nSPS) is 12.3. The summed E-state index contributed by atoms with van der Waals surface area (Å²) < 4.78 is 4.69. The van der Waals surface area contributed by atoms with Gasteiger partial charge in [0.2, 0.25) is 0 Å². The van der Waals surface area contributed by atoms with E-state index >= 15 is 0 Å². The van der Waals surface area contributed by atoms with E-state index in [-0.39, 0.29) is 16.9 Å². The summed E-state index contributed by atoms with van der Waals surface area (Å²) in [5, 5.41) is 27.5. The molecule has 2 heterocycles. The summed E-state index contributed by atoms with van der Waals surface area (Å²) in [6, 6.07) is 54.5. The van der Waals surface area contributed by atoms with Crippen molar-refractivity contribution >= 4 is 56.0 Å². The molecule has 0 saturated carbocycles. The summed E-state index contributed by atoms with van der Waals surface area (Å²) in [6.45, 7) is 14.0. The van der Waals surface area contributed by atoms with Crippen LogP contribution in [0.2, 0.25) is 0 Å². The van der Waals surface area contributed by atoms with Gasteiger partial charge in [0.15, 0.2) is 0 Å². The number of nitrogens with zero attached hydrogens (tertiary/aromatic N) is 4. The van der Waals surface area contributed by atoms with Gasteiger partial charge in [0, 0.05) is 75.0 Å². The molecule has 0 amide bonds. The van der Waals surface area contributed by atoms with Crippen LogP contribution in [0.5, 0.6) is 11.5 Å². The first-order valence-electron chi connectivity index (χ1n) is 22.3. The Morgan fingerprint density at radius 2 is 0.846 bits per heavy atom. The Hall–Kier alpha value is -7.70. The van der Waals surface area contributed by atoms with Crippen LogP contribution < -0.4 is 0 Å². The van der Waals surface area contributed by atoms with Crippen LogP contribution in [0.4, 0.5) is 0 Å². The third-order valence-corrected chi connectivity index (χ3v) is 13.0. The predicted molar refractivity (Wildman–Crippen MR) is 273 cm³/mol. The van der Waals surface area contributed by atoms with Crippen molar-refractivity contribution in [3.63, 3.8) is 0 Å². The van der Waals surface area contributed by atoms with Gasteiger partial charge in [-0.2, -0.15) is 0 Å². The SMILES string of the molecule is Cc1cc2c(c(C)c1-c1ccc(C=NCC(C)(C)CN=Cc3ccc(-c4c(C)cc5c(c4C)c4ccccc4n5-c4ccccc4)cc3O)c(O)c1)c1ccccc1n2-c1ccccc1. The number of aromatic nitrogens is 2. The number of phenols is 2. The lowest BCUT2D eigenvalue weighted by atomic mass is 9.91. The Morgan fingerprint density at radius 3 is 1.25 bits per heavy atom. The standard InChI is InChI=1S/C59H52N4O2/c1-37-29-51-57(47-21-13-15-23-49(47)62(51)45-17-9-7-10-18-45)39(3)55(37)41-25-27-43(53(64)31-41)33-60-35-59(5,6)36-61-34-44-28-26-42(32-54(44)65)56-38(2)30-52-58(40(56)4)48-22-14-16-24-50(48)63(52)46-19-11-8-12-20-46/h7-34,64-65H,35-36H2,1-6H3. The zero-order chi connectivity index (χ0) is 45.0. The number of hydrogen-bond donors (Lipinski definition) is 2. The predicted octanol–water partition coefficient (Wildman–Crippen LogP) is 14.4. The smallest absolute Gasteiger partial charge is 0.124 e. The molecule has 10 aromatic rings. The van der Waals surface area contributed by atoms with Crippen molar-refractivity contribution in [2.75, 3.05) is 13.1 Å². The Labute approximate surface area is 380 Å². The van der Waals surface area contributed by atoms with Crippen LogP contribution in [0.1, 0.15) is 47.2 Å². The molecule has 2 N–H and O–H groups in total. The molecule has 0 radical (unpaired) electrons. The topological polar surface area (TPSA) is 75.0 Å². The first kappa shape index (κ1) is 41.3. The number of rotatable bonds is 10. The maximum atomic E-state index is 11.3. The lowest BCUT2D eigenvalue weighted by molar-refractivity contribution is 0.396. The molecule has 0 aliphatic carbocycles. The second-order valence-electron chi connectivity index (χ2n) is 18.2. The fraction of sp³-hybridized carbons (Fsp3) is 0.153. The van der Waals surface area contributed by atoms with Crippen LogP contribution in [0.3, 0.4) is 0 Å². The first-order chi connectivity index (χ1) is 31.5. The van der Waals surface area contributed by atoms with Crippen LogP contribution in [0.15, 0.2) is 168 Å². The van der Waals surface area contributed by atoms with E-state index in [1.807, 2.05) is 36.4 Å². The number of para-hydroxylation sites is 4. The Bertz CT molecular complexity index is 3290. The molecular formula is C59H52N4O2. The molecule has 320 valence electrons. The summed E-state index contributed by atoms with van der Waals surface area (Å²) in [5.41, 5.74) is 16.9. The summed E-state index contributed by atoms with van der Waals surface area (Å²) in [5.74, 6) is 0.381. The highest BCUT2D eigenvalue weighted by Gasteiger charge is 2.22.